The van der Waals surface area contributed by atoms with Crippen LogP contribution in [0.2, 0.25) is 0 Å². The standard InChI is InChI=1S/C19H21FN2O3S/c20-17-5-3-4-16(12-17)13-19(23)21-14-15-6-8-18(9-7-15)26(24,25)22-10-1-2-11-22/h3-9,12H,1-2,10-11,13-14H2,(H,21,23). The van der Waals surface area contributed by atoms with Crippen LogP contribution in [0.3, 0.4) is 0 Å². The molecule has 2 aromatic rings. The Morgan fingerprint density at radius 1 is 1.04 bits per heavy atom. The number of rotatable bonds is 6. The zero-order valence-electron chi connectivity index (χ0n) is 14.3. The van der Waals surface area contributed by atoms with Gasteiger partial charge in [0.15, 0.2) is 0 Å². The van der Waals surface area contributed by atoms with Crippen molar-refractivity contribution in [2.75, 3.05) is 13.1 Å². The minimum atomic E-state index is -3.42. The second kappa shape index (κ2) is 7.97. The van der Waals surface area contributed by atoms with Gasteiger partial charge in [-0.2, -0.15) is 4.31 Å². The molecule has 0 aromatic heterocycles. The highest BCUT2D eigenvalue weighted by atomic mass is 32.2. The maximum absolute atomic E-state index is 13.1. The molecule has 1 aliphatic rings. The molecule has 26 heavy (non-hydrogen) atoms. The summed E-state index contributed by atoms with van der Waals surface area (Å²) in [7, 11) is -3.42. The van der Waals surface area contributed by atoms with Gasteiger partial charge in [0.1, 0.15) is 5.82 Å². The minimum absolute atomic E-state index is 0.0964. The largest absolute Gasteiger partial charge is 0.352 e. The maximum Gasteiger partial charge on any atom is 0.243 e. The predicted molar refractivity (Wildman–Crippen MR) is 96.4 cm³/mol. The molecule has 0 spiro atoms. The lowest BCUT2D eigenvalue weighted by molar-refractivity contribution is -0.120. The Balaban J connectivity index is 1.56. The summed E-state index contributed by atoms with van der Waals surface area (Å²) in [6.07, 6.45) is 1.89. The lowest BCUT2D eigenvalue weighted by atomic mass is 10.1. The number of amides is 1. The monoisotopic (exact) mass is 376 g/mol. The van der Waals surface area contributed by atoms with Crippen LogP contribution < -0.4 is 5.32 Å². The van der Waals surface area contributed by atoms with Gasteiger partial charge in [0.2, 0.25) is 15.9 Å². The van der Waals surface area contributed by atoms with Gasteiger partial charge in [0, 0.05) is 19.6 Å². The molecule has 0 atom stereocenters. The summed E-state index contributed by atoms with van der Waals surface area (Å²) in [4.78, 5) is 12.2. The Morgan fingerprint density at radius 3 is 2.38 bits per heavy atom. The average molecular weight is 376 g/mol. The van der Waals surface area contributed by atoms with Gasteiger partial charge in [0.05, 0.1) is 11.3 Å². The number of halogens is 1. The molecule has 1 saturated heterocycles. The van der Waals surface area contributed by atoms with Gasteiger partial charge >= 0.3 is 0 Å². The molecule has 1 aliphatic heterocycles. The third kappa shape index (κ3) is 4.47. The van der Waals surface area contributed by atoms with Crippen LogP contribution in [-0.2, 0) is 27.8 Å². The van der Waals surface area contributed by atoms with E-state index in [1.807, 2.05) is 0 Å². The summed E-state index contributed by atoms with van der Waals surface area (Å²) in [6, 6.07) is 12.5. The van der Waals surface area contributed by atoms with Crippen molar-refractivity contribution in [1.29, 1.82) is 0 Å². The van der Waals surface area contributed by atoms with E-state index in [4.69, 9.17) is 0 Å². The maximum atomic E-state index is 13.1. The molecule has 2 aromatic carbocycles. The molecule has 1 amide bonds. The van der Waals surface area contributed by atoms with Crippen LogP contribution in [0, 0.1) is 5.82 Å². The molecule has 0 unspecified atom stereocenters. The summed E-state index contributed by atoms with van der Waals surface area (Å²) in [6.45, 7) is 1.43. The average Bonchev–Trinajstić information content (AvgIpc) is 3.16. The van der Waals surface area contributed by atoms with Crippen LogP contribution in [0.15, 0.2) is 53.4 Å². The van der Waals surface area contributed by atoms with Crippen molar-refractivity contribution in [3.05, 3.63) is 65.5 Å². The first kappa shape index (κ1) is 18.5. The second-order valence-electron chi connectivity index (χ2n) is 6.34. The van der Waals surface area contributed by atoms with Gasteiger partial charge in [-0.25, -0.2) is 12.8 Å². The summed E-state index contributed by atoms with van der Waals surface area (Å²) >= 11 is 0. The summed E-state index contributed by atoms with van der Waals surface area (Å²) in [5, 5.41) is 2.76. The highest BCUT2D eigenvalue weighted by molar-refractivity contribution is 7.89. The van der Waals surface area contributed by atoms with Crippen LogP contribution in [-0.4, -0.2) is 31.7 Å². The smallest absolute Gasteiger partial charge is 0.243 e. The minimum Gasteiger partial charge on any atom is -0.352 e. The number of carbonyl (C=O) groups excluding carboxylic acids is 1. The van der Waals surface area contributed by atoms with Gasteiger partial charge in [-0.1, -0.05) is 24.3 Å². The van der Waals surface area contributed by atoms with Crippen LogP contribution in [0.5, 0.6) is 0 Å². The van der Waals surface area contributed by atoms with Crippen molar-refractivity contribution in [2.24, 2.45) is 0 Å². The van der Waals surface area contributed by atoms with E-state index < -0.39 is 10.0 Å². The molecule has 0 aliphatic carbocycles. The molecule has 7 heteroatoms. The van der Waals surface area contributed by atoms with E-state index in [9.17, 15) is 17.6 Å². The van der Waals surface area contributed by atoms with Crippen LogP contribution in [0.4, 0.5) is 4.39 Å². The van der Waals surface area contributed by atoms with Gasteiger partial charge in [-0.3, -0.25) is 4.79 Å². The van der Waals surface area contributed by atoms with E-state index in [0.717, 1.165) is 18.4 Å². The predicted octanol–water partition coefficient (Wildman–Crippen LogP) is 2.47. The van der Waals surface area contributed by atoms with E-state index in [1.165, 1.54) is 16.4 Å². The second-order valence-corrected chi connectivity index (χ2v) is 8.28. The molecule has 0 saturated carbocycles. The number of nitrogens with zero attached hydrogens (tertiary/aromatic N) is 1. The van der Waals surface area contributed by atoms with E-state index in [0.29, 0.717) is 18.7 Å². The fraction of sp³-hybridized carbons (Fsp3) is 0.316. The van der Waals surface area contributed by atoms with E-state index in [2.05, 4.69) is 5.32 Å². The number of carbonyl (C=O) groups is 1. The van der Waals surface area contributed by atoms with E-state index in [1.54, 1.807) is 36.4 Å². The Bertz CT molecular complexity index is 876. The first-order valence-corrected chi connectivity index (χ1v) is 9.99. The number of benzene rings is 2. The number of sulfonamides is 1. The summed E-state index contributed by atoms with van der Waals surface area (Å²) in [5.74, 6) is -0.588. The fourth-order valence-corrected chi connectivity index (χ4v) is 4.47. The van der Waals surface area contributed by atoms with Crippen molar-refractivity contribution < 1.29 is 17.6 Å². The van der Waals surface area contributed by atoms with Gasteiger partial charge in [0.25, 0.3) is 0 Å². The topological polar surface area (TPSA) is 66.5 Å². The first-order valence-electron chi connectivity index (χ1n) is 8.55. The van der Waals surface area contributed by atoms with Crippen molar-refractivity contribution in [1.82, 2.24) is 9.62 Å². The molecule has 138 valence electrons. The lowest BCUT2D eigenvalue weighted by Gasteiger charge is -2.15. The van der Waals surface area contributed by atoms with Gasteiger partial charge in [-0.15, -0.1) is 0 Å². The molecule has 5 nitrogen and oxygen atoms in total. The van der Waals surface area contributed by atoms with Crippen molar-refractivity contribution in [3.63, 3.8) is 0 Å². The molecule has 1 fully saturated rings. The quantitative estimate of drug-likeness (QED) is 0.842. The van der Waals surface area contributed by atoms with E-state index >= 15 is 0 Å². The molecular formula is C19H21FN2O3S. The number of nitrogens with one attached hydrogen (secondary N) is 1. The van der Waals surface area contributed by atoms with Crippen LogP contribution in [0.1, 0.15) is 24.0 Å². The Morgan fingerprint density at radius 2 is 1.73 bits per heavy atom. The zero-order valence-corrected chi connectivity index (χ0v) is 15.1. The van der Waals surface area contributed by atoms with Crippen molar-refractivity contribution >= 4 is 15.9 Å². The fourth-order valence-electron chi connectivity index (χ4n) is 2.95. The number of hydrogen-bond acceptors (Lipinski definition) is 3. The molecular weight excluding hydrogens is 355 g/mol. The lowest BCUT2D eigenvalue weighted by Crippen LogP contribution is -2.28. The molecule has 1 heterocycles. The zero-order chi connectivity index (χ0) is 18.6. The summed E-state index contributed by atoms with van der Waals surface area (Å²) in [5.41, 5.74) is 1.41. The molecule has 3 rings (SSSR count). The third-order valence-corrected chi connectivity index (χ3v) is 6.28. The van der Waals surface area contributed by atoms with Crippen LogP contribution >= 0.6 is 0 Å². The molecule has 1 N–H and O–H groups in total. The van der Waals surface area contributed by atoms with Crippen LogP contribution in [0.25, 0.3) is 0 Å². The van der Waals surface area contributed by atoms with Crippen molar-refractivity contribution in [3.8, 4) is 0 Å². The Labute approximate surface area is 152 Å². The highest BCUT2D eigenvalue weighted by Gasteiger charge is 2.26. The third-order valence-electron chi connectivity index (χ3n) is 4.37. The van der Waals surface area contributed by atoms with Crippen molar-refractivity contribution in [2.45, 2.75) is 30.7 Å². The van der Waals surface area contributed by atoms with Gasteiger partial charge in [-0.05, 0) is 48.2 Å². The SMILES string of the molecule is O=C(Cc1cccc(F)c1)NCc1ccc(S(=O)(=O)N2CCCC2)cc1. The normalized spacial score (nSPS) is 15.1. The van der Waals surface area contributed by atoms with Gasteiger partial charge < -0.3 is 5.32 Å². The Hall–Kier alpha value is -2.25. The van der Waals surface area contributed by atoms with E-state index in [-0.39, 0.29) is 29.6 Å². The molecule has 0 bridgehead atoms. The number of hydrogen-bond donors (Lipinski definition) is 1. The molecule has 0 radical (unpaired) electrons. The highest BCUT2D eigenvalue weighted by Crippen LogP contribution is 2.21. The first-order chi connectivity index (χ1) is 12.4. The Kier molecular flexibility index (Phi) is 5.68. The summed E-state index contributed by atoms with van der Waals surface area (Å²) < 4.78 is 39.6.